The van der Waals surface area contributed by atoms with Gasteiger partial charge in [-0.1, -0.05) is 0 Å². The Morgan fingerprint density at radius 3 is 3.05 bits per heavy atom. The van der Waals surface area contributed by atoms with Crippen molar-refractivity contribution < 1.29 is 0 Å². The third kappa shape index (κ3) is 3.29. The Hall–Kier alpha value is -1.17. The SMILES string of the molecule is CN(C)CC1CN(Cc2ccsc2)Cc2nccn2C1. The highest BCUT2D eigenvalue weighted by molar-refractivity contribution is 7.07. The molecule has 0 spiro atoms. The summed E-state index contributed by atoms with van der Waals surface area (Å²) in [5, 5.41) is 4.41. The van der Waals surface area contributed by atoms with Crippen LogP contribution in [0.3, 0.4) is 0 Å². The second-order valence-electron chi connectivity index (χ2n) is 5.93. The molecule has 0 saturated carbocycles. The van der Waals surface area contributed by atoms with Crippen LogP contribution in [0.1, 0.15) is 11.4 Å². The average Bonchev–Trinajstić information content (AvgIpc) is 2.99. The molecule has 0 N–H and O–H groups in total. The first-order chi connectivity index (χ1) is 9.70. The zero-order valence-electron chi connectivity index (χ0n) is 12.2. The van der Waals surface area contributed by atoms with Gasteiger partial charge >= 0.3 is 0 Å². The summed E-state index contributed by atoms with van der Waals surface area (Å²) >= 11 is 1.78. The molecule has 2 aromatic heterocycles. The molecule has 0 aliphatic carbocycles. The van der Waals surface area contributed by atoms with Crippen molar-refractivity contribution in [3.8, 4) is 0 Å². The monoisotopic (exact) mass is 290 g/mol. The van der Waals surface area contributed by atoms with Gasteiger partial charge in [0.15, 0.2) is 0 Å². The van der Waals surface area contributed by atoms with Crippen molar-refractivity contribution >= 4 is 11.3 Å². The van der Waals surface area contributed by atoms with Crippen LogP contribution in [0, 0.1) is 5.92 Å². The fourth-order valence-corrected chi connectivity index (χ4v) is 3.68. The van der Waals surface area contributed by atoms with Crippen molar-refractivity contribution in [3.63, 3.8) is 0 Å². The van der Waals surface area contributed by atoms with Crippen LogP contribution in [-0.2, 0) is 19.6 Å². The first kappa shape index (κ1) is 13.8. The largest absolute Gasteiger partial charge is 0.333 e. The Morgan fingerprint density at radius 2 is 2.30 bits per heavy atom. The van der Waals surface area contributed by atoms with Crippen LogP contribution in [0.15, 0.2) is 29.2 Å². The molecule has 4 nitrogen and oxygen atoms in total. The van der Waals surface area contributed by atoms with Crippen molar-refractivity contribution in [1.29, 1.82) is 0 Å². The first-order valence-corrected chi connectivity index (χ1v) is 8.03. The van der Waals surface area contributed by atoms with E-state index < -0.39 is 0 Å². The number of rotatable bonds is 4. The molecule has 0 bridgehead atoms. The summed E-state index contributed by atoms with van der Waals surface area (Å²) in [4.78, 5) is 9.34. The minimum absolute atomic E-state index is 0.652. The lowest BCUT2D eigenvalue weighted by Gasteiger charge is -2.25. The highest BCUT2D eigenvalue weighted by atomic mass is 32.1. The number of imidazole rings is 1. The smallest absolute Gasteiger partial charge is 0.122 e. The van der Waals surface area contributed by atoms with Gasteiger partial charge in [0.1, 0.15) is 5.82 Å². The Labute approximate surface area is 124 Å². The molecule has 2 aromatic rings. The van der Waals surface area contributed by atoms with Crippen molar-refractivity contribution in [2.45, 2.75) is 19.6 Å². The maximum Gasteiger partial charge on any atom is 0.122 e. The summed E-state index contributed by atoms with van der Waals surface area (Å²) in [6.07, 6.45) is 4.04. The number of nitrogens with zero attached hydrogens (tertiary/aromatic N) is 4. The van der Waals surface area contributed by atoms with E-state index in [1.54, 1.807) is 11.3 Å². The predicted molar refractivity (Wildman–Crippen MR) is 82.7 cm³/mol. The van der Waals surface area contributed by atoms with E-state index >= 15 is 0 Å². The Morgan fingerprint density at radius 1 is 1.40 bits per heavy atom. The second-order valence-corrected chi connectivity index (χ2v) is 6.71. The van der Waals surface area contributed by atoms with Crippen molar-refractivity contribution in [1.82, 2.24) is 19.4 Å². The van der Waals surface area contributed by atoms with Crippen LogP contribution in [0.2, 0.25) is 0 Å². The number of aromatic nitrogens is 2. The van der Waals surface area contributed by atoms with E-state index in [-0.39, 0.29) is 0 Å². The molecule has 1 aliphatic rings. The number of hydrogen-bond donors (Lipinski definition) is 0. The van der Waals surface area contributed by atoms with Crippen LogP contribution in [0.5, 0.6) is 0 Å². The standard InChI is InChI=1S/C15H22N4S/c1-17(2)7-14-9-18(8-13-3-6-20-12-13)11-15-16-4-5-19(15)10-14/h3-6,12,14H,7-11H2,1-2H3. The zero-order valence-corrected chi connectivity index (χ0v) is 13.0. The molecule has 1 aliphatic heterocycles. The number of thiophene rings is 1. The lowest BCUT2D eigenvalue weighted by Crippen LogP contribution is -2.33. The van der Waals surface area contributed by atoms with Gasteiger partial charge in [-0.2, -0.15) is 11.3 Å². The average molecular weight is 290 g/mol. The van der Waals surface area contributed by atoms with E-state index in [1.807, 2.05) is 6.20 Å². The van der Waals surface area contributed by atoms with E-state index in [1.165, 1.54) is 11.4 Å². The third-order valence-corrected chi connectivity index (χ3v) is 4.48. The maximum absolute atomic E-state index is 4.52. The fourth-order valence-electron chi connectivity index (χ4n) is 3.02. The lowest BCUT2D eigenvalue weighted by atomic mass is 10.1. The Bertz CT molecular complexity index is 532. The highest BCUT2D eigenvalue weighted by Gasteiger charge is 2.22. The van der Waals surface area contributed by atoms with Crippen molar-refractivity contribution in [3.05, 3.63) is 40.6 Å². The van der Waals surface area contributed by atoms with Crippen molar-refractivity contribution in [2.24, 2.45) is 5.92 Å². The summed E-state index contributed by atoms with van der Waals surface area (Å²) in [5.74, 6) is 1.85. The lowest BCUT2D eigenvalue weighted by molar-refractivity contribution is 0.194. The van der Waals surface area contributed by atoms with E-state index in [2.05, 4.69) is 56.5 Å². The van der Waals surface area contributed by atoms with Gasteiger partial charge < -0.3 is 9.47 Å². The zero-order chi connectivity index (χ0) is 13.9. The summed E-state index contributed by atoms with van der Waals surface area (Å²) in [6.45, 7) is 5.32. The van der Waals surface area contributed by atoms with Gasteiger partial charge in [-0.25, -0.2) is 4.98 Å². The van der Waals surface area contributed by atoms with Gasteiger partial charge in [0, 0.05) is 44.5 Å². The van der Waals surface area contributed by atoms with Gasteiger partial charge in [0.05, 0.1) is 6.54 Å². The van der Waals surface area contributed by atoms with E-state index in [0.717, 1.165) is 32.7 Å². The van der Waals surface area contributed by atoms with E-state index in [9.17, 15) is 0 Å². The minimum Gasteiger partial charge on any atom is -0.333 e. The molecular weight excluding hydrogens is 268 g/mol. The molecule has 0 fully saturated rings. The summed E-state index contributed by atoms with van der Waals surface area (Å²) in [6, 6.07) is 2.23. The second kappa shape index (κ2) is 6.08. The van der Waals surface area contributed by atoms with Crippen LogP contribution in [0.4, 0.5) is 0 Å². The fraction of sp³-hybridized carbons (Fsp3) is 0.533. The number of fused-ring (bicyclic) bond motifs is 1. The van der Waals surface area contributed by atoms with Gasteiger partial charge in [0.2, 0.25) is 0 Å². The highest BCUT2D eigenvalue weighted by Crippen LogP contribution is 2.19. The van der Waals surface area contributed by atoms with Crippen LogP contribution in [-0.4, -0.2) is 46.5 Å². The van der Waals surface area contributed by atoms with Crippen molar-refractivity contribution in [2.75, 3.05) is 27.2 Å². The molecule has 0 saturated heterocycles. The minimum atomic E-state index is 0.652. The Kier molecular flexibility index (Phi) is 4.19. The molecule has 3 rings (SSSR count). The molecular formula is C15H22N4S. The molecule has 5 heteroatoms. The van der Waals surface area contributed by atoms with E-state index in [4.69, 9.17) is 0 Å². The van der Waals surface area contributed by atoms with Crippen LogP contribution >= 0.6 is 11.3 Å². The molecule has 0 aromatic carbocycles. The quantitative estimate of drug-likeness (QED) is 0.862. The molecule has 0 radical (unpaired) electrons. The first-order valence-electron chi connectivity index (χ1n) is 7.09. The normalized spacial score (nSPS) is 20.1. The van der Waals surface area contributed by atoms with Gasteiger partial charge in [-0.3, -0.25) is 4.90 Å². The summed E-state index contributed by atoms with van der Waals surface area (Å²) < 4.78 is 2.32. The number of hydrogen-bond acceptors (Lipinski definition) is 4. The van der Waals surface area contributed by atoms with Gasteiger partial charge in [-0.05, 0) is 36.5 Å². The molecule has 3 heterocycles. The molecule has 1 unspecified atom stereocenters. The van der Waals surface area contributed by atoms with Gasteiger partial charge in [0.25, 0.3) is 0 Å². The third-order valence-electron chi connectivity index (χ3n) is 3.75. The molecule has 20 heavy (non-hydrogen) atoms. The van der Waals surface area contributed by atoms with Gasteiger partial charge in [-0.15, -0.1) is 0 Å². The maximum atomic E-state index is 4.52. The van der Waals surface area contributed by atoms with Crippen LogP contribution in [0.25, 0.3) is 0 Å². The molecule has 0 amide bonds. The van der Waals surface area contributed by atoms with Crippen LogP contribution < -0.4 is 0 Å². The topological polar surface area (TPSA) is 24.3 Å². The molecule has 108 valence electrons. The molecule has 1 atom stereocenters. The summed E-state index contributed by atoms with van der Waals surface area (Å²) in [5.41, 5.74) is 1.42. The Balaban J connectivity index is 1.76. The summed E-state index contributed by atoms with van der Waals surface area (Å²) in [7, 11) is 4.31. The predicted octanol–water partition coefficient (Wildman–Crippen LogP) is 2.14. The van der Waals surface area contributed by atoms with E-state index in [0.29, 0.717) is 5.92 Å².